The Morgan fingerprint density at radius 2 is 1.88 bits per heavy atom. The second-order valence-corrected chi connectivity index (χ2v) is 14.9. The van der Waals surface area contributed by atoms with Crippen LogP contribution in [0.4, 0.5) is 0 Å². The van der Waals surface area contributed by atoms with Crippen molar-refractivity contribution in [2.24, 2.45) is 5.92 Å². The first-order valence-corrected chi connectivity index (χ1v) is 14.1. The van der Waals surface area contributed by atoms with E-state index in [0.717, 1.165) is 5.56 Å². The Morgan fingerprint density at radius 3 is 2.38 bits per heavy atom. The van der Waals surface area contributed by atoms with Crippen LogP contribution in [-0.4, -0.2) is 44.2 Å². The maximum atomic E-state index is 13.2. The molecule has 0 spiro atoms. The fraction of sp³-hybridized carbons (Fsp3) is 0.625. The molecule has 0 aliphatic rings. The van der Waals surface area contributed by atoms with Gasteiger partial charge in [-0.1, -0.05) is 34.6 Å². The van der Waals surface area contributed by atoms with Gasteiger partial charge < -0.3 is 18.5 Å². The van der Waals surface area contributed by atoms with E-state index < -0.39 is 14.3 Å². The van der Waals surface area contributed by atoms with Gasteiger partial charge >= 0.3 is 5.97 Å². The van der Waals surface area contributed by atoms with Gasteiger partial charge in [0.15, 0.2) is 8.32 Å². The highest BCUT2D eigenvalue weighted by Gasteiger charge is 2.38. The number of esters is 1. The van der Waals surface area contributed by atoms with Gasteiger partial charge in [-0.3, -0.25) is 4.79 Å². The maximum absolute atomic E-state index is 13.2. The number of ether oxygens (including phenoxy) is 2. The number of hydrogen-bond donors (Lipinski definition) is 0. The van der Waals surface area contributed by atoms with E-state index in [1.165, 1.54) is 0 Å². The van der Waals surface area contributed by atoms with Crippen LogP contribution in [-0.2, 0) is 9.16 Å². The van der Waals surface area contributed by atoms with Gasteiger partial charge in [-0.15, -0.1) is 0 Å². The molecular weight excluding hydrogens is 424 g/mol. The zero-order valence-corrected chi connectivity index (χ0v) is 22.2. The van der Waals surface area contributed by atoms with Crippen molar-refractivity contribution in [1.82, 2.24) is 9.55 Å². The van der Waals surface area contributed by atoms with Crippen molar-refractivity contribution in [2.75, 3.05) is 20.3 Å². The predicted molar refractivity (Wildman–Crippen MR) is 130 cm³/mol. The largest absolute Gasteiger partial charge is 0.481 e. The molecule has 0 aliphatic heterocycles. The summed E-state index contributed by atoms with van der Waals surface area (Å²) in [6.45, 7) is 19.4. The molecular formula is C24H38N2O5Si. The summed E-state index contributed by atoms with van der Waals surface area (Å²) in [6.07, 6.45) is 1.57. The van der Waals surface area contributed by atoms with E-state index in [0.29, 0.717) is 23.5 Å². The summed E-state index contributed by atoms with van der Waals surface area (Å²) < 4.78 is 19.0. The highest BCUT2D eigenvalue weighted by Crippen LogP contribution is 2.37. The van der Waals surface area contributed by atoms with Crippen LogP contribution in [0.25, 0.3) is 11.0 Å². The molecule has 0 bridgehead atoms. The minimum absolute atomic E-state index is 0.00342. The number of methoxy groups -OCH3 is 1. The molecule has 2 heterocycles. The van der Waals surface area contributed by atoms with E-state index in [1.807, 2.05) is 11.5 Å². The van der Waals surface area contributed by atoms with E-state index in [-0.39, 0.29) is 34.6 Å². The number of fused-ring (bicyclic) bond motifs is 1. The van der Waals surface area contributed by atoms with E-state index in [4.69, 9.17) is 13.9 Å². The van der Waals surface area contributed by atoms with Gasteiger partial charge in [0.05, 0.1) is 31.8 Å². The molecule has 2 aromatic rings. The number of nitrogens with zero attached hydrogens (tertiary/aromatic N) is 2. The molecule has 0 aromatic carbocycles. The average Bonchev–Trinajstić information content (AvgIpc) is 2.68. The van der Waals surface area contributed by atoms with Gasteiger partial charge in [-0.2, -0.15) is 4.98 Å². The number of hydrogen-bond acceptors (Lipinski definition) is 6. The smallest absolute Gasteiger partial charge is 0.343 e. The van der Waals surface area contributed by atoms with Crippen LogP contribution < -0.4 is 10.2 Å². The Balaban J connectivity index is 2.74. The molecule has 0 fully saturated rings. The summed E-state index contributed by atoms with van der Waals surface area (Å²) in [5.41, 5.74) is 0.816. The quantitative estimate of drug-likeness (QED) is 0.401. The molecule has 178 valence electrons. The average molecular weight is 463 g/mol. The third-order valence-electron chi connectivity index (χ3n) is 6.39. The zero-order chi connectivity index (χ0) is 24.4. The summed E-state index contributed by atoms with van der Waals surface area (Å²) in [7, 11) is -0.459. The number of pyridine rings is 2. The van der Waals surface area contributed by atoms with Crippen molar-refractivity contribution < 1.29 is 18.7 Å². The van der Waals surface area contributed by atoms with Gasteiger partial charge in [0.2, 0.25) is 11.3 Å². The van der Waals surface area contributed by atoms with Gasteiger partial charge in [0.25, 0.3) is 0 Å². The van der Waals surface area contributed by atoms with Crippen molar-refractivity contribution >= 4 is 25.3 Å². The van der Waals surface area contributed by atoms with Gasteiger partial charge in [0.1, 0.15) is 11.2 Å². The fourth-order valence-electron chi connectivity index (χ4n) is 3.27. The SMILES string of the molecule is CCOC(=O)c1cn([C@H](CO[Si](C)(C)C(C)(C)C)C(C)C)c2nc(OC)c(C)cc2c1=O. The zero-order valence-electron chi connectivity index (χ0n) is 21.2. The summed E-state index contributed by atoms with van der Waals surface area (Å²) in [6, 6.07) is 1.59. The molecule has 0 saturated carbocycles. The van der Waals surface area contributed by atoms with Crippen LogP contribution >= 0.6 is 0 Å². The lowest BCUT2D eigenvalue weighted by Crippen LogP contribution is -2.42. The molecule has 0 N–H and O–H groups in total. The van der Waals surface area contributed by atoms with Crippen molar-refractivity contribution in [2.45, 2.75) is 72.6 Å². The van der Waals surface area contributed by atoms with Crippen LogP contribution in [0.2, 0.25) is 18.1 Å². The molecule has 0 saturated heterocycles. The lowest BCUT2D eigenvalue weighted by Gasteiger charge is -2.38. The van der Waals surface area contributed by atoms with E-state index in [2.05, 4.69) is 52.7 Å². The Bertz CT molecular complexity index is 1040. The lowest BCUT2D eigenvalue weighted by atomic mass is 10.0. The Kier molecular flexibility index (Phi) is 7.94. The fourth-order valence-corrected chi connectivity index (χ4v) is 4.29. The maximum Gasteiger partial charge on any atom is 0.343 e. The molecule has 0 unspecified atom stereocenters. The predicted octanol–water partition coefficient (Wildman–Crippen LogP) is 5.11. The highest BCUT2D eigenvalue weighted by molar-refractivity contribution is 6.74. The van der Waals surface area contributed by atoms with Crippen molar-refractivity contribution in [3.8, 4) is 5.88 Å². The molecule has 32 heavy (non-hydrogen) atoms. The molecule has 8 heteroatoms. The lowest BCUT2D eigenvalue weighted by molar-refractivity contribution is 0.0523. The minimum Gasteiger partial charge on any atom is -0.481 e. The van der Waals surface area contributed by atoms with Gasteiger partial charge in [-0.05, 0) is 44.0 Å². The van der Waals surface area contributed by atoms with E-state index in [9.17, 15) is 9.59 Å². The Morgan fingerprint density at radius 1 is 1.25 bits per heavy atom. The first-order valence-electron chi connectivity index (χ1n) is 11.2. The van der Waals surface area contributed by atoms with Crippen LogP contribution in [0.1, 0.15) is 63.5 Å². The molecule has 0 radical (unpaired) electrons. The molecule has 0 aliphatic carbocycles. The van der Waals surface area contributed by atoms with Crippen molar-refractivity contribution in [3.05, 3.63) is 33.6 Å². The molecule has 2 aromatic heterocycles. The van der Waals surface area contributed by atoms with Crippen molar-refractivity contribution in [1.29, 1.82) is 0 Å². The molecule has 1 atom stereocenters. The number of aromatic nitrogens is 2. The van der Waals surface area contributed by atoms with Gasteiger partial charge in [0, 0.05) is 11.8 Å². The third kappa shape index (κ3) is 5.23. The number of rotatable bonds is 8. The summed E-state index contributed by atoms with van der Waals surface area (Å²) in [5, 5.41) is 0.432. The first-order chi connectivity index (χ1) is 14.7. The number of carbonyl (C=O) groups excluding carboxylic acids is 1. The van der Waals surface area contributed by atoms with Crippen LogP contribution in [0, 0.1) is 12.8 Å². The topological polar surface area (TPSA) is 79.7 Å². The summed E-state index contributed by atoms with van der Waals surface area (Å²) in [4.78, 5) is 30.4. The van der Waals surface area contributed by atoms with Crippen LogP contribution in [0.3, 0.4) is 0 Å². The highest BCUT2D eigenvalue weighted by atomic mass is 28.4. The minimum atomic E-state index is -2.01. The second-order valence-electron chi connectivity index (χ2n) is 10.1. The Labute approximate surface area is 192 Å². The van der Waals surface area contributed by atoms with Crippen molar-refractivity contribution in [3.63, 3.8) is 0 Å². The van der Waals surface area contributed by atoms with E-state index in [1.54, 1.807) is 26.3 Å². The first kappa shape index (κ1) is 26.1. The van der Waals surface area contributed by atoms with Crippen LogP contribution in [0.5, 0.6) is 5.88 Å². The normalized spacial score (nSPS) is 13.5. The number of carbonyl (C=O) groups is 1. The Hall–Kier alpha value is -2.19. The number of aryl methyl sites for hydroxylation is 1. The molecule has 2 rings (SSSR count). The van der Waals surface area contributed by atoms with Gasteiger partial charge in [-0.25, -0.2) is 4.79 Å². The summed E-state index contributed by atoms with van der Waals surface area (Å²) in [5.74, 6) is -0.0218. The van der Waals surface area contributed by atoms with Crippen LogP contribution in [0.15, 0.2) is 17.1 Å². The summed E-state index contributed by atoms with van der Waals surface area (Å²) >= 11 is 0. The molecule has 7 nitrogen and oxygen atoms in total. The molecule has 0 amide bonds. The monoisotopic (exact) mass is 462 g/mol. The standard InChI is InChI=1S/C24H38N2O5Si/c1-11-30-23(28)18-13-26(19(15(2)3)14-31-32(9,10)24(5,6)7)21-17(20(18)27)12-16(4)22(25-21)29-8/h12-13,15,19H,11,14H2,1-10H3/t19-/m1/s1. The second kappa shape index (κ2) is 9.75. The third-order valence-corrected chi connectivity index (χ3v) is 10.9. The van der Waals surface area contributed by atoms with E-state index >= 15 is 0 Å².